The zero-order chi connectivity index (χ0) is 27.0. The quantitative estimate of drug-likeness (QED) is 0.329. The number of sulfonamides is 1. The maximum atomic E-state index is 13.0. The largest absolute Gasteiger partial charge is 0.480 e. The van der Waals surface area contributed by atoms with Crippen LogP contribution >= 0.6 is 0 Å². The Morgan fingerprint density at radius 1 is 1.05 bits per heavy atom. The molecule has 0 saturated carbocycles. The van der Waals surface area contributed by atoms with Crippen molar-refractivity contribution in [1.82, 2.24) is 14.6 Å². The first-order valence-electron chi connectivity index (χ1n) is 13.7. The molecule has 0 unspecified atom stereocenters. The van der Waals surface area contributed by atoms with Gasteiger partial charge in [0, 0.05) is 18.8 Å². The van der Waals surface area contributed by atoms with E-state index >= 15 is 0 Å². The summed E-state index contributed by atoms with van der Waals surface area (Å²) in [5.74, 6) is -0.615. The number of aromatic nitrogens is 1. The molecule has 9 nitrogen and oxygen atoms in total. The predicted octanol–water partition coefficient (Wildman–Crippen LogP) is 3.75. The van der Waals surface area contributed by atoms with Crippen LogP contribution in [0.25, 0.3) is 0 Å². The second kappa shape index (κ2) is 13.2. The average molecular weight is 543 g/mol. The second-order valence-electron chi connectivity index (χ2n) is 10.1. The zero-order valence-electron chi connectivity index (χ0n) is 21.8. The highest BCUT2D eigenvalue weighted by molar-refractivity contribution is 7.89. The lowest BCUT2D eigenvalue weighted by atomic mass is 10.0. The van der Waals surface area contributed by atoms with Gasteiger partial charge >= 0.3 is 5.97 Å². The van der Waals surface area contributed by atoms with E-state index in [1.807, 2.05) is 0 Å². The number of nitrogens with one attached hydrogen (secondary N) is 2. The Bertz CT molecular complexity index is 1200. The lowest BCUT2D eigenvalue weighted by Crippen LogP contribution is -2.50. The van der Waals surface area contributed by atoms with Crippen molar-refractivity contribution in [3.63, 3.8) is 0 Å². The number of unbranched alkanes of at least 4 members (excludes halogenated alkanes) is 4. The van der Waals surface area contributed by atoms with Gasteiger partial charge in [0.05, 0.1) is 4.90 Å². The molecule has 3 heterocycles. The number of amides is 1. The van der Waals surface area contributed by atoms with E-state index in [1.54, 1.807) is 18.2 Å². The molecule has 1 aromatic carbocycles. The molecule has 1 saturated heterocycles. The van der Waals surface area contributed by atoms with E-state index in [-0.39, 0.29) is 11.4 Å². The van der Waals surface area contributed by atoms with Crippen LogP contribution < -0.4 is 10.6 Å². The molecule has 10 heteroatoms. The van der Waals surface area contributed by atoms with Gasteiger partial charge in [-0.05, 0) is 68.7 Å². The number of carboxylic acids is 1. The number of carbonyl (C=O) groups excluding carboxylic acids is 1. The molecule has 4 rings (SSSR count). The molecule has 2 atom stereocenters. The van der Waals surface area contributed by atoms with E-state index in [0.29, 0.717) is 25.7 Å². The van der Waals surface area contributed by atoms with E-state index in [1.165, 1.54) is 22.0 Å². The summed E-state index contributed by atoms with van der Waals surface area (Å²) in [6.45, 7) is 1.22. The van der Waals surface area contributed by atoms with Crippen molar-refractivity contribution < 1.29 is 23.1 Å². The molecule has 0 radical (unpaired) electrons. The van der Waals surface area contributed by atoms with Crippen molar-refractivity contribution in [3.05, 3.63) is 53.7 Å². The fraction of sp³-hybridized carbons (Fsp3) is 0.536. The number of carboxylic acid groups (broad SMARTS) is 1. The summed E-state index contributed by atoms with van der Waals surface area (Å²) in [6.07, 6.45) is 8.99. The molecule has 1 fully saturated rings. The van der Waals surface area contributed by atoms with Crippen LogP contribution in [0.2, 0.25) is 0 Å². The molecule has 3 N–H and O–H groups in total. The molecule has 206 valence electrons. The molecule has 2 aromatic rings. The third kappa shape index (κ3) is 7.11. The molecule has 38 heavy (non-hydrogen) atoms. The Morgan fingerprint density at radius 3 is 2.61 bits per heavy atom. The first-order chi connectivity index (χ1) is 18.4. The van der Waals surface area contributed by atoms with Gasteiger partial charge in [0.15, 0.2) is 0 Å². The van der Waals surface area contributed by atoms with Gasteiger partial charge < -0.3 is 15.7 Å². The number of hydrogen-bond acceptors (Lipinski definition) is 6. The van der Waals surface area contributed by atoms with E-state index in [9.17, 15) is 23.1 Å². The average Bonchev–Trinajstić information content (AvgIpc) is 3.43. The van der Waals surface area contributed by atoms with Crippen molar-refractivity contribution in [2.75, 3.05) is 18.4 Å². The minimum atomic E-state index is -3.83. The van der Waals surface area contributed by atoms with Gasteiger partial charge in [-0.3, -0.25) is 4.79 Å². The van der Waals surface area contributed by atoms with Crippen LogP contribution in [0.15, 0.2) is 47.4 Å². The number of aryl methyl sites for hydroxylation is 2. The second-order valence-corrected chi connectivity index (χ2v) is 12.0. The van der Waals surface area contributed by atoms with Crippen LogP contribution in [-0.4, -0.2) is 59.9 Å². The number of pyridine rings is 1. The van der Waals surface area contributed by atoms with Gasteiger partial charge in [-0.15, -0.1) is 0 Å². The smallest absolute Gasteiger partial charge is 0.326 e. The number of anilines is 1. The minimum Gasteiger partial charge on any atom is -0.480 e. The van der Waals surface area contributed by atoms with Crippen LogP contribution in [0.4, 0.5) is 5.82 Å². The van der Waals surface area contributed by atoms with Crippen LogP contribution in [0.3, 0.4) is 0 Å². The van der Waals surface area contributed by atoms with Crippen molar-refractivity contribution in [1.29, 1.82) is 0 Å². The predicted molar refractivity (Wildman–Crippen MR) is 145 cm³/mol. The highest BCUT2D eigenvalue weighted by atomic mass is 32.2. The molecule has 1 amide bonds. The molecule has 0 aliphatic carbocycles. The monoisotopic (exact) mass is 542 g/mol. The summed E-state index contributed by atoms with van der Waals surface area (Å²) < 4.78 is 27.3. The first-order valence-corrected chi connectivity index (χ1v) is 15.1. The number of hydrogen-bond donors (Lipinski definition) is 3. The SMILES string of the molecule is O=C(O)[C@H](CCCCCCCc1ccc2c(n1)NCCC2)NC(=O)[C@@H]1CCCN1S(=O)(=O)c1ccccc1. The Labute approximate surface area is 225 Å². The number of rotatable bonds is 13. The molecule has 2 aliphatic rings. The number of carbonyl (C=O) groups is 2. The standard InChI is InChI=1S/C28H38N4O5S/c33-27(25-16-10-20-32(25)38(36,37)23-13-6-4-7-14-23)31-24(28(34)35)15-8-3-1-2-5-12-22-18-17-21-11-9-19-29-26(21)30-22/h4,6-7,13-14,17-18,24-25H,1-3,5,8-12,15-16,19-20H2,(H,29,30)(H,31,33)(H,34,35)/t24-,25-/m0/s1. The van der Waals surface area contributed by atoms with Gasteiger partial charge in [0.2, 0.25) is 15.9 Å². The maximum absolute atomic E-state index is 13.0. The number of fused-ring (bicyclic) bond motifs is 1. The Hall–Kier alpha value is -2.98. The summed E-state index contributed by atoms with van der Waals surface area (Å²) in [5, 5.41) is 15.6. The zero-order valence-corrected chi connectivity index (χ0v) is 22.6. The van der Waals surface area contributed by atoms with Crippen molar-refractivity contribution in [2.45, 2.75) is 87.6 Å². The molecule has 0 bridgehead atoms. The van der Waals surface area contributed by atoms with E-state index in [4.69, 9.17) is 4.98 Å². The fourth-order valence-corrected chi connectivity index (χ4v) is 6.91. The highest BCUT2D eigenvalue weighted by Crippen LogP contribution is 2.26. The Morgan fingerprint density at radius 2 is 1.82 bits per heavy atom. The first kappa shape index (κ1) is 28.0. The van der Waals surface area contributed by atoms with E-state index < -0.39 is 34.0 Å². The maximum Gasteiger partial charge on any atom is 0.326 e. The van der Waals surface area contributed by atoms with Crippen LogP contribution in [-0.2, 0) is 32.5 Å². The lowest BCUT2D eigenvalue weighted by molar-refractivity contribution is -0.142. The van der Waals surface area contributed by atoms with E-state index in [0.717, 1.165) is 63.0 Å². The molecular formula is C28H38N4O5S. The van der Waals surface area contributed by atoms with Crippen molar-refractivity contribution in [2.24, 2.45) is 0 Å². The summed E-state index contributed by atoms with van der Waals surface area (Å²) in [6, 6.07) is 10.4. The summed E-state index contributed by atoms with van der Waals surface area (Å²) in [4.78, 5) is 29.6. The van der Waals surface area contributed by atoms with Gasteiger partial charge in [-0.1, -0.05) is 49.9 Å². The topological polar surface area (TPSA) is 129 Å². The normalized spacial score (nSPS) is 18.4. The van der Waals surface area contributed by atoms with Crippen LogP contribution in [0, 0.1) is 0 Å². The Balaban J connectivity index is 1.19. The molecule has 0 spiro atoms. The summed E-state index contributed by atoms with van der Waals surface area (Å²) in [5.41, 5.74) is 2.39. The van der Waals surface area contributed by atoms with Crippen LogP contribution in [0.5, 0.6) is 0 Å². The van der Waals surface area contributed by atoms with Crippen molar-refractivity contribution >= 4 is 27.7 Å². The lowest BCUT2D eigenvalue weighted by Gasteiger charge is -2.25. The van der Waals surface area contributed by atoms with Gasteiger partial charge in [-0.25, -0.2) is 18.2 Å². The molecule has 1 aromatic heterocycles. The minimum absolute atomic E-state index is 0.133. The fourth-order valence-electron chi connectivity index (χ4n) is 5.24. The summed E-state index contributed by atoms with van der Waals surface area (Å²) in [7, 11) is -3.83. The van der Waals surface area contributed by atoms with Gasteiger partial charge in [0.1, 0.15) is 17.9 Å². The molecular weight excluding hydrogens is 504 g/mol. The number of benzene rings is 1. The Kier molecular flexibility index (Phi) is 9.74. The summed E-state index contributed by atoms with van der Waals surface area (Å²) >= 11 is 0. The number of aliphatic carboxylic acids is 1. The van der Waals surface area contributed by atoms with Gasteiger partial charge in [-0.2, -0.15) is 4.31 Å². The molecule has 2 aliphatic heterocycles. The third-order valence-electron chi connectivity index (χ3n) is 7.35. The van der Waals surface area contributed by atoms with Crippen LogP contribution in [0.1, 0.15) is 69.0 Å². The highest BCUT2D eigenvalue weighted by Gasteiger charge is 2.40. The number of nitrogens with zero attached hydrogens (tertiary/aromatic N) is 2. The van der Waals surface area contributed by atoms with Crippen molar-refractivity contribution in [3.8, 4) is 0 Å². The van der Waals surface area contributed by atoms with E-state index in [2.05, 4.69) is 22.8 Å². The third-order valence-corrected chi connectivity index (χ3v) is 9.27. The van der Waals surface area contributed by atoms with Gasteiger partial charge in [0.25, 0.3) is 0 Å².